The molecular weight excluding hydrogens is 252 g/mol. The lowest BCUT2D eigenvalue weighted by Crippen LogP contribution is -2.39. The highest BCUT2D eigenvalue weighted by Gasteiger charge is 2.44. The maximum absolute atomic E-state index is 12.6. The van der Waals surface area contributed by atoms with E-state index in [1.165, 1.54) is 0 Å². The minimum absolute atomic E-state index is 0.0372. The summed E-state index contributed by atoms with van der Waals surface area (Å²) >= 11 is 0. The van der Waals surface area contributed by atoms with Gasteiger partial charge in [0.05, 0.1) is 11.5 Å². The fraction of sp³-hybridized carbons (Fsp3) is 0.824. The van der Waals surface area contributed by atoms with Crippen LogP contribution in [0.1, 0.15) is 52.4 Å². The van der Waals surface area contributed by atoms with Crippen molar-refractivity contribution in [3.05, 3.63) is 12.2 Å². The van der Waals surface area contributed by atoms with Gasteiger partial charge in [0.1, 0.15) is 6.10 Å². The van der Waals surface area contributed by atoms with Gasteiger partial charge in [0.2, 0.25) is 0 Å². The first-order valence-electron chi connectivity index (χ1n) is 8.04. The van der Waals surface area contributed by atoms with Crippen molar-refractivity contribution in [2.24, 2.45) is 23.2 Å². The van der Waals surface area contributed by atoms with E-state index in [4.69, 9.17) is 4.74 Å². The Hall–Kier alpha value is -0.830. The Balaban J connectivity index is 1.59. The number of fused-ring (bicyclic) bond motifs is 2. The highest BCUT2D eigenvalue weighted by atomic mass is 16.5. The number of hydrogen-bond acceptors (Lipinski definition) is 3. The zero-order chi connectivity index (χ0) is 14.3. The first kappa shape index (κ1) is 14.1. The molecular formula is C17H26O3. The Morgan fingerprint density at radius 2 is 1.85 bits per heavy atom. The largest absolute Gasteiger partial charge is 0.461 e. The predicted molar refractivity (Wildman–Crippen MR) is 77.0 cm³/mol. The van der Waals surface area contributed by atoms with Gasteiger partial charge in [0, 0.05) is 5.92 Å². The summed E-state index contributed by atoms with van der Waals surface area (Å²) in [5, 5.41) is 9.61. The first-order chi connectivity index (χ1) is 9.46. The molecule has 3 aliphatic rings. The molecule has 1 N–H and O–H groups in total. The van der Waals surface area contributed by atoms with E-state index in [1.54, 1.807) is 0 Å². The third-order valence-corrected chi connectivity index (χ3v) is 5.72. The van der Waals surface area contributed by atoms with Crippen LogP contribution in [0.3, 0.4) is 0 Å². The van der Waals surface area contributed by atoms with Crippen molar-refractivity contribution in [3.63, 3.8) is 0 Å². The molecule has 2 saturated carbocycles. The van der Waals surface area contributed by atoms with Gasteiger partial charge in [-0.1, -0.05) is 12.2 Å². The van der Waals surface area contributed by atoms with Crippen LogP contribution in [0.15, 0.2) is 12.2 Å². The second-order valence-corrected chi connectivity index (χ2v) is 7.45. The third kappa shape index (κ3) is 2.52. The second-order valence-electron chi connectivity index (χ2n) is 7.45. The number of hydrogen-bond donors (Lipinski definition) is 1. The molecule has 0 amide bonds. The number of aliphatic hydroxyl groups excluding tert-OH is 1. The number of ether oxygens (including phenoxy) is 1. The number of carbonyl (C=O) groups is 1. The molecule has 3 aliphatic carbocycles. The fourth-order valence-corrected chi connectivity index (χ4v) is 4.12. The van der Waals surface area contributed by atoms with Crippen molar-refractivity contribution in [2.75, 3.05) is 0 Å². The lowest BCUT2D eigenvalue weighted by Gasteiger charge is -2.37. The lowest BCUT2D eigenvalue weighted by atomic mass is 9.70. The highest BCUT2D eigenvalue weighted by molar-refractivity contribution is 5.76. The summed E-state index contributed by atoms with van der Waals surface area (Å²) < 4.78 is 5.84. The summed E-state index contributed by atoms with van der Waals surface area (Å²) in [6.45, 7) is 4.03. The molecule has 3 rings (SSSR count). The van der Waals surface area contributed by atoms with Crippen LogP contribution < -0.4 is 0 Å². The summed E-state index contributed by atoms with van der Waals surface area (Å²) in [4.78, 5) is 12.6. The number of esters is 1. The smallest absolute Gasteiger partial charge is 0.312 e. The Kier molecular flexibility index (Phi) is 3.65. The van der Waals surface area contributed by atoms with Crippen LogP contribution in [0.4, 0.5) is 0 Å². The molecule has 0 heterocycles. The summed E-state index contributed by atoms with van der Waals surface area (Å²) in [7, 11) is 0. The summed E-state index contributed by atoms with van der Waals surface area (Å²) in [6, 6.07) is 0. The maximum atomic E-state index is 12.6. The normalized spacial score (nSPS) is 40.0. The van der Waals surface area contributed by atoms with Gasteiger partial charge in [0.15, 0.2) is 0 Å². The minimum Gasteiger partial charge on any atom is -0.461 e. The second kappa shape index (κ2) is 5.18. The molecule has 0 spiro atoms. The van der Waals surface area contributed by atoms with Crippen LogP contribution in [0.5, 0.6) is 0 Å². The van der Waals surface area contributed by atoms with Crippen LogP contribution in [0, 0.1) is 23.2 Å². The monoisotopic (exact) mass is 278 g/mol. The zero-order valence-corrected chi connectivity index (χ0v) is 12.5. The van der Waals surface area contributed by atoms with Gasteiger partial charge < -0.3 is 9.84 Å². The van der Waals surface area contributed by atoms with Crippen molar-refractivity contribution < 1.29 is 14.6 Å². The van der Waals surface area contributed by atoms with E-state index in [1.807, 2.05) is 13.8 Å². The summed E-state index contributed by atoms with van der Waals surface area (Å²) in [5.41, 5.74) is -0.425. The fourth-order valence-electron chi connectivity index (χ4n) is 4.12. The minimum atomic E-state index is -0.425. The molecule has 0 aromatic carbocycles. The van der Waals surface area contributed by atoms with Crippen LogP contribution in [-0.4, -0.2) is 23.3 Å². The molecule has 0 saturated heterocycles. The highest BCUT2D eigenvalue weighted by Crippen LogP contribution is 2.44. The molecule has 2 bridgehead atoms. The van der Waals surface area contributed by atoms with Gasteiger partial charge in [-0.25, -0.2) is 0 Å². The maximum Gasteiger partial charge on any atom is 0.312 e. The molecule has 3 heteroatoms. The number of rotatable bonds is 3. The first-order valence-corrected chi connectivity index (χ1v) is 8.04. The van der Waals surface area contributed by atoms with Gasteiger partial charge >= 0.3 is 5.97 Å². The molecule has 3 unspecified atom stereocenters. The van der Waals surface area contributed by atoms with Crippen LogP contribution >= 0.6 is 0 Å². The molecule has 2 fully saturated rings. The molecule has 0 radical (unpaired) electrons. The number of allylic oxidation sites excluding steroid dienone is 1. The van der Waals surface area contributed by atoms with Crippen molar-refractivity contribution in [3.8, 4) is 0 Å². The van der Waals surface area contributed by atoms with E-state index in [9.17, 15) is 9.90 Å². The van der Waals surface area contributed by atoms with Gasteiger partial charge in [-0.3, -0.25) is 4.79 Å². The van der Waals surface area contributed by atoms with E-state index in [0.29, 0.717) is 17.8 Å². The predicted octanol–water partition coefficient (Wildman–Crippen LogP) is 3.07. The van der Waals surface area contributed by atoms with Crippen molar-refractivity contribution in [1.29, 1.82) is 0 Å². The van der Waals surface area contributed by atoms with Gasteiger partial charge in [0.25, 0.3) is 0 Å². The molecule has 112 valence electrons. The Morgan fingerprint density at radius 3 is 2.40 bits per heavy atom. The molecule has 0 aliphatic heterocycles. The van der Waals surface area contributed by atoms with Gasteiger partial charge in [-0.05, 0) is 64.2 Å². The topological polar surface area (TPSA) is 46.5 Å². The summed E-state index contributed by atoms with van der Waals surface area (Å²) in [6.07, 6.45) is 10.1. The SMILES string of the molecule is CC(C)(C(=O)OC1CC2C=CC1C2)C1CCC(O)CC1. The van der Waals surface area contributed by atoms with Gasteiger partial charge in [-0.15, -0.1) is 0 Å². The van der Waals surface area contributed by atoms with Crippen molar-refractivity contribution >= 4 is 5.97 Å². The number of aliphatic hydroxyl groups is 1. The van der Waals surface area contributed by atoms with E-state index in [0.717, 1.165) is 38.5 Å². The summed E-state index contributed by atoms with van der Waals surface area (Å²) in [5.74, 6) is 1.39. The van der Waals surface area contributed by atoms with Crippen LogP contribution in [0.25, 0.3) is 0 Å². The van der Waals surface area contributed by atoms with E-state index in [2.05, 4.69) is 12.2 Å². The average molecular weight is 278 g/mol. The Labute approximate surface area is 121 Å². The van der Waals surface area contributed by atoms with E-state index in [-0.39, 0.29) is 18.2 Å². The molecule has 20 heavy (non-hydrogen) atoms. The lowest BCUT2D eigenvalue weighted by molar-refractivity contribution is -0.165. The van der Waals surface area contributed by atoms with E-state index < -0.39 is 5.41 Å². The van der Waals surface area contributed by atoms with Crippen molar-refractivity contribution in [2.45, 2.75) is 64.6 Å². The van der Waals surface area contributed by atoms with E-state index >= 15 is 0 Å². The third-order valence-electron chi connectivity index (χ3n) is 5.72. The van der Waals surface area contributed by atoms with Crippen LogP contribution in [0.2, 0.25) is 0 Å². The molecule has 0 aromatic rings. The van der Waals surface area contributed by atoms with Crippen LogP contribution in [-0.2, 0) is 9.53 Å². The quantitative estimate of drug-likeness (QED) is 0.637. The Bertz CT molecular complexity index is 404. The van der Waals surface area contributed by atoms with Gasteiger partial charge in [-0.2, -0.15) is 0 Å². The van der Waals surface area contributed by atoms with Crippen molar-refractivity contribution in [1.82, 2.24) is 0 Å². The molecule has 3 atom stereocenters. The zero-order valence-electron chi connectivity index (χ0n) is 12.5. The molecule has 3 nitrogen and oxygen atoms in total. The standard InChI is InChI=1S/C17H26O3/c1-17(2,13-5-7-14(18)8-6-13)16(19)20-15-10-11-3-4-12(15)9-11/h3-4,11-15,18H,5-10H2,1-2H3. The number of carbonyl (C=O) groups excluding carboxylic acids is 1. The Morgan fingerprint density at radius 1 is 1.15 bits per heavy atom. The average Bonchev–Trinajstić information content (AvgIpc) is 3.01. The molecule has 0 aromatic heterocycles.